The van der Waals surface area contributed by atoms with Crippen LogP contribution < -0.4 is 4.31 Å². The summed E-state index contributed by atoms with van der Waals surface area (Å²) in [6, 6.07) is 8.76. The molecular weight excluding hydrogens is 354 g/mol. The second kappa shape index (κ2) is 6.52. The average Bonchev–Trinajstić information content (AvgIpc) is 2.57. The number of fused-ring (bicyclic) bond motifs is 1. The van der Waals surface area contributed by atoms with E-state index in [0.717, 1.165) is 4.31 Å². The molecule has 3 rings (SSSR count). The largest absolute Gasteiger partial charge is 0.755 e. The van der Waals surface area contributed by atoms with Crippen LogP contribution in [0.1, 0.15) is 10.4 Å². The van der Waals surface area contributed by atoms with Crippen molar-refractivity contribution in [2.24, 2.45) is 0 Å². The quantitative estimate of drug-likeness (QED) is 0.565. The minimum absolute atomic E-state index is 0.0487. The van der Waals surface area contributed by atoms with Gasteiger partial charge in [-0.25, -0.2) is 9.78 Å². The maximum atomic E-state index is 11.8. The van der Waals surface area contributed by atoms with Gasteiger partial charge in [0.25, 0.3) is 0 Å². The monoisotopic (exact) mass is 362 g/mol. The summed E-state index contributed by atoms with van der Waals surface area (Å²) >= 11 is 3.35. The van der Waals surface area contributed by atoms with Crippen LogP contribution in [-0.2, 0) is 11.3 Å². The minimum atomic E-state index is -2.67. The number of rotatable bonds is 4. The predicted molar refractivity (Wildman–Crippen MR) is 89.0 cm³/mol. The molecule has 0 aliphatic heterocycles. The second-order valence-electron chi connectivity index (χ2n) is 4.70. The van der Waals surface area contributed by atoms with Gasteiger partial charge in [-0.3, -0.25) is 13.5 Å². The Hall–Kier alpha value is -2.55. The average molecular weight is 363 g/mol. The molecule has 0 bridgehead atoms. The fraction of sp³-hybridized carbons (Fsp3) is 0. The highest BCUT2D eigenvalue weighted by molar-refractivity contribution is 7.81. The highest BCUT2D eigenvalue weighted by Gasteiger charge is 2.17. The summed E-state index contributed by atoms with van der Waals surface area (Å²) in [5, 5.41) is 9.66. The Labute approximate surface area is 144 Å². The van der Waals surface area contributed by atoms with Crippen molar-refractivity contribution in [2.45, 2.75) is 0 Å². The van der Waals surface area contributed by atoms with E-state index in [1.54, 1.807) is 12.1 Å². The number of nitrogens with zero attached hydrogens (tertiary/aromatic N) is 3. The molecule has 0 spiro atoms. The number of hydrogen-bond donors (Lipinski definition) is 1. The van der Waals surface area contributed by atoms with Crippen LogP contribution in [0.25, 0.3) is 10.9 Å². The fourth-order valence-electron chi connectivity index (χ4n) is 2.22. The molecular formula is C15H9ClN3O4S-. The topological polar surface area (TPSA) is 106 Å². The zero-order valence-electron chi connectivity index (χ0n) is 11.9. The first-order valence-corrected chi connectivity index (χ1v) is 8.02. The smallest absolute Gasteiger partial charge is 0.335 e. The van der Waals surface area contributed by atoms with Crippen molar-refractivity contribution in [1.82, 2.24) is 9.97 Å². The molecule has 0 aliphatic rings. The van der Waals surface area contributed by atoms with Gasteiger partial charge in [0.05, 0.1) is 39.9 Å². The molecule has 1 aromatic carbocycles. The van der Waals surface area contributed by atoms with Gasteiger partial charge in [0, 0.05) is 11.6 Å². The normalized spacial score (nSPS) is 12.1. The molecule has 1 atom stereocenters. The van der Waals surface area contributed by atoms with Crippen LogP contribution in [0.3, 0.4) is 0 Å². The van der Waals surface area contributed by atoms with Gasteiger partial charge in [-0.1, -0.05) is 11.6 Å². The van der Waals surface area contributed by atoms with Crippen molar-refractivity contribution < 1.29 is 18.7 Å². The standard InChI is InChI=1S/C15H10ClN3O4S/c16-14-11-2-1-7-17-13(11)12(8-18-14)19(24(22)23)10-5-3-9(4-6-10)15(20)21/h1-8H,(H,20,21)(H,22,23)/p-1. The maximum absolute atomic E-state index is 11.8. The van der Waals surface area contributed by atoms with E-state index >= 15 is 0 Å². The molecule has 0 fully saturated rings. The first-order valence-electron chi connectivity index (χ1n) is 6.61. The molecule has 0 aliphatic carbocycles. The number of anilines is 2. The fourth-order valence-corrected chi connectivity index (χ4v) is 3.01. The van der Waals surface area contributed by atoms with E-state index in [1.807, 2.05) is 0 Å². The maximum Gasteiger partial charge on any atom is 0.335 e. The highest BCUT2D eigenvalue weighted by Crippen LogP contribution is 2.33. The van der Waals surface area contributed by atoms with E-state index in [9.17, 15) is 13.6 Å². The van der Waals surface area contributed by atoms with Gasteiger partial charge in [0.15, 0.2) is 0 Å². The van der Waals surface area contributed by atoms with Crippen LogP contribution in [0.15, 0.2) is 48.8 Å². The van der Waals surface area contributed by atoms with E-state index in [-0.39, 0.29) is 22.1 Å². The van der Waals surface area contributed by atoms with Gasteiger partial charge in [0.1, 0.15) is 5.15 Å². The lowest BCUT2D eigenvalue weighted by Crippen LogP contribution is -2.20. The number of hydrogen-bond acceptors (Lipinski definition) is 5. The number of carboxylic acids is 1. The first-order chi connectivity index (χ1) is 11.5. The molecule has 0 radical (unpaired) electrons. The van der Waals surface area contributed by atoms with E-state index in [0.29, 0.717) is 10.9 Å². The summed E-state index contributed by atoms with van der Waals surface area (Å²) in [6.45, 7) is 0. The second-order valence-corrected chi connectivity index (χ2v) is 5.85. The summed E-state index contributed by atoms with van der Waals surface area (Å²) in [7, 11) is 0. The number of benzene rings is 1. The van der Waals surface area contributed by atoms with Crippen LogP contribution in [0.4, 0.5) is 11.4 Å². The lowest BCUT2D eigenvalue weighted by Gasteiger charge is -2.27. The summed E-state index contributed by atoms with van der Waals surface area (Å²) in [5.74, 6) is -1.10. The third-order valence-electron chi connectivity index (χ3n) is 3.29. The summed E-state index contributed by atoms with van der Waals surface area (Å²) in [4.78, 5) is 19.1. The predicted octanol–water partition coefficient (Wildman–Crippen LogP) is 2.91. The Morgan fingerprint density at radius 3 is 2.54 bits per heavy atom. The third-order valence-corrected chi connectivity index (χ3v) is 4.30. The van der Waals surface area contributed by atoms with E-state index in [4.69, 9.17) is 16.7 Å². The Morgan fingerprint density at radius 1 is 1.21 bits per heavy atom. The molecule has 1 N–H and O–H groups in total. The third kappa shape index (κ3) is 2.94. The van der Waals surface area contributed by atoms with Crippen LogP contribution in [0.2, 0.25) is 5.15 Å². The van der Waals surface area contributed by atoms with Crippen molar-refractivity contribution >= 4 is 51.1 Å². The zero-order valence-corrected chi connectivity index (χ0v) is 13.5. The number of halogens is 1. The number of carbonyl (C=O) groups is 1. The Balaban J connectivity index is 2.18. The molecule has 122 valence electrons. The zero-order chi connectivity index (χ0) is 17.3. The van der Waals surface area contributed by atoms with Crippen molar-refractivity contribution in [3.8, 4) is 0 Å². The molecule has 24 heavy (non-hydrogen) atoms. The van der Waals surface area contributed by atoms with Crippen LogP contribution in [0.5, 0.6) is 0 Å². The minimum Gasteiger partial charge on any atom is -0.755 e. The Kier molecular flexibility index (Phi) is 4.43. The molecule has 3 aromatic rings. The van der Waals surface area contributed by atoms with Crippen LogP contribution >= 0.6 is 11.6 Å². The van der Waals surface area contributed by atoms with Crippen molar-refractivity contribution in [3.63, 3.8) is 0 Å². The Bertz CT molecular complexity index is 949. The van der Waals surface area contributed by atoms with E-state index in [1.165, 1.54) is 36.7 Å². The van der Waals surface area contributed by atoms with Crippen LogP contribution in [-0.4, -0.2) is 29.8 Å². The number of carboxylic acid groups (broad SMARTS) is 1. The summed E-state index contributed by atoms with van der Waals surface area (Å²) in [6.07, 6.45) is 2.82. The summed E-state index contributed by atoms with van der Waals surface area (Å²) in [5.41, 5.74) is 0.882. The van der Waals surface area contributed by atoms with Gasteiger partial charge in [-0.2, -0.15) is 0 Å². The SMILES string of the molecule is O=C(O)c1ccc(N(c2cnc(Cl)c3cccnc23)S(=O)[O-])cc1. The van der Waals surface area contributed by atoms with Crippen LogP contribution in [0, 0.1) is 0 Å². The molecule has 9 heteroatoms. The highest BCUT2D eigenvalue weighted by atomic mass is 35.5. The van der Waals surface area contributed by atoms with E-state index in [2.05, 4.69) is 9.97 Å². The van der Waals surface area contributed by atoms with Gasteiger partial charge in [0.2, 0.25) is 0 Å². The van der Waals surface area contributed by atoms with E-state index < -0.39 is 17.2 Å². The van der Waals surface area contributed by atoms with Gasteiger partial charge in [-0.05, 0) is 36.4 Å². The number of pyridine rings is 2. The summed E-state index contributed by atoms with van der Waals surface area (Å²) < 4.78 is 24.5. The lowest BCUT2D eigenvalue weighted by atomic mass is 10.2. The van der Waals surface area contributed by atoms with Gasteiger partial charge < -0.3 is 9.66 Å². The number of aromatic nitrogens is 2. The molecule has 2 heterocycles. The van der Waals surface area contributed by atoms with Crippen molar-refractivity contribution in [1.29, 1.82) is 0 Å². The molecule has 2 aromatic heterocycles. The van der Waals surface area contributed by atoms with Crippen molar-refractivity contribution in [3.05, 3.63) is 59.5 Å². The van der Waals surface area contributed by atoms with Crippen molar-refractivity contribution in [2.75, 3.05) is 4.31 Å². The molecule has 0 saturated heterocycles. The molecule has 0 amide bonds. The van der Waals surface area contributed by atoms with Gasteiger partial charge in [-0.15, -0.1) is 0 Å². The van der Waals surface area contributed by atoms with Gasteiger partial charge >= 0.3 is 5.97 Å². The number of aromatic carboxylic acids is 1. The molecule has 7 nitrogen and oxygen atoms in total. The lowest BCUT2D eigenvalue weighted by molar-refractivity contribution is 0.0697. The first kappa shape index (κ1) is 16.3. The Morgan fingerprint density at radius 2 is 1.92 bits per heavy atom. The molecule has 0 saturated carbocycles. The molecule has 1 unspecified atom stereocenters.